The average molecular weight is 367 g/mol. The lowest BCUT2D eigenvalue weighted by Gasteiger charge is -2.30. The second-order valence-corrected chi connectivity index (χ2v) is 5.30. The van der Waals surface area contributed by atoms with Gasteiger partial charge in [0.2, 0.25) is 0 Å². The Morgan fingerprint density at radius 1 is 1.41 bits per heavy atom. The summed E-state index contributed by atoms with van der Waals surface area (Å²) in [6.45, 7) is 2.74. The van der Waals surface area contributed by atoms with Gasteiger partial charge >= 0.3 is 0 Å². The zero-order valence-electron chi connectivity index (χ0n) is 12.0. The van der Waals surface area contributed by atoms with Crippen molar-refractivity contribution in [2.75, 3.05) is 32.4 Å². The summed E-state index contributed by atoms with van der Waals surface area (Å²) in [6.07, 6.45) is 0. The number of nitrogens with two attached hydrogens (primary N) is 1. The molecule has 2 aromatic rings. The third-order valence-electron chi connectivity index (χ3n) is 3.47. The van der Waals surface area contributed by atoms with Gasteiger partial charge in [-0.05, 0) is 25.2 Å². The van der Waals surface area contributed by atoms with E-state index in [-0.39, 0.29) is 30.9 Å². The number of hydrogen-bond acceptors (Lipinski definition) is 6. The Morgan fingerprint density at radius 3 is 2.86 bits per heavy atom. The molecule has 3 N–H and O–H groups in total. The van der Waals surface area contributed by atoms with Crippen molar-refractivity contribution < 1.29 is 4.52 Å². The van der Waals surface area contributed by atoms with E-state index in [2.05, 4.69) is 27.4 Å². The number of nitrogen functional groups attached to an aromatic ring is 1. The number of rotatable bonds is 2. The van der Waals surface area contributed by atoms with Gasteiger partial charge in [0, 0.05) is 25.3 Å². The maximum absolute atomic E-state index is 6.16. The monoisotopic (exact) mass is 365 g/mol. The summed E-state index contributed by atoms with van der Waals surface area (Å²) in [5.41, 5.74) is 6.99. The zero-order chi connectivity index (χ0) is 14.1. The molecule has 0 spiro atoms. The molecular weight excluding hydrogens is 349 g/mol. The third kappa shape index (κ3) is 3.83. The number of anilines is 1. The third-order valence-corrected chi connectivity index (χ3v) is 3.79. The first-order valence-corrected chi connectivity index (χ1v) is 6.83. The molecule has 0 saturated carbocycles. The minimum absolute atomic E-state index is 0. The van der Waals surface area contributed by atoms with Crippen molar-refractivity contribution >= 4 is 42.1 Å². The Kier molecular flexibility index (Phi) is 6.90. The van der Waals surface area contributed by atoms with Gasteiger partial charge in [0.05, 0.1) is 16.6 Å². The lowest BCUT2D eigenvalue weighted by Crippen LogP contribution is -2.44. The topological polar surface area (TPSA) is 80.2 Å². The van der Waals surface area contributed by atoms with Crippen LogP contribution in [0.2, 0.25) is 5.02 Å². The molecule has 0 radical (unpaired) electrons. The van der Waals surface area contributed by atoms with Gasteiger partial charge in [-0.1, -0.05) is 16.8 Å². The smallest absolute Gasteiger partial charge is 0.259 e. The maximum Gasteiger partial charge on any atom is 0.259 e. The second-order valence-electron chi connectivity index (χ2n) is 4.90. The lowest BCUT2D eigenvalue weighted by molar-refractivity contribution is 0.190. The number of aromatic nitrogens is 2. The minimum atomic E-state index is 0. The van der Waals surface area contributed by atoms with Crippen LogP contribution in [0.15, 0.2) is 22.7 Å². The van der Waals surface area contributed by atoms with Crippen molar-refractivity contribution in [2.45, 2.75) is 6.04 Å². The SMILES string of the molecule is CN1CCNCC1c1noc(-c2ccc(N)cc2Cl)n1.Cl.Cl. The van der Waals surface area contributed by atoms with Crippen LogP contribution in [0.4, 0.5) is 5.69 Å². The van der Waals surface area contributed by atoms with E-state index in [9.17, 15) is 0 Å². The Balaban J connectivity index is 0.00000121. The van der Waals surface area contributed by atoms with Crippen molar-refractivity contribution in [1.29, 1.82) is 0 Å². The van der Waals surface area contributed by atoms with Gasteiger partial charge in [-0.2, -0.15) is 4.98 Å². The minimum Gasteiger partial charge on any atom is -0.399 e. The molecule has 9 heteroatoms. The van der Waals surface area contributed by atoms with Gasteiger partial charge < -0.3 is 15.6 Å². The molecule has 6 nitrogen and oxygen atoms in total. The van der Waals surface area contributed by atoms with Crippen LogP contribution in [-0.4, -0.2) is 41.7 Å². The molecule has 1 unspecified atom stereocenters. The summed E-state index contributed by atoms with van der Waals surface area (Å²) in [5.74, 6) is 1.09. The largest absolute Gasteiger partial charge is 0.399 e. The first kappa shape index (κ1) is 19.0. The lowest BCUT2D eigenvalue weighted by atomic mass is 10.2. The second kappa shape index (κ2) is 7.99. The van der Waals surface area contributed by atoms with E-state index in [0.29, 0.717) is 28.0 Å². The van der Waals surface area contributed by atoms with Crippen LogP contribution in [0.1, 0.15) is 11.9 Å². The molecule has 1 aliphatic heterocycles. The molecular formula is C13H18Cl3N5O. The highest BCUT2D eigenvalue weighted by atomic mass is 35.5. The summed E-state index contributed by atoms with van der Waals surface area (Å²) in [4.78, 5) is 6.66. The molecule has 0 amide bonds. The number of hydrogen-bond donors (Lipinski definition) is 2. The van der Waals surface area contributed by atoms with Crippen LogP contribution in [0.5, 0.6) is 0 Å². The summed E-state index contributed by atoms with van der Waals surface area (Å²) in [6, 6.07) is 5.35. The molecule has 22 heavy (non-hydrogen) atoms. The highest BCUT2D eigenvalue weighted by Crippen LogP contribution is 2.29. The normalized spacial score (nSPS) is 18.4. The average Bonchev–Trinajstić information content (AvgIpc) is 2.88. The van der Waals surface area contributed by atoms with Crippen LogP contribution in [0.25, 0.3) is 11.5 Å². The number of benzene rings is 1. The number of piperazine rings is 1. The van der Waals surface area contributed by atoms with Crippen molar-refractivity contribution in [3.63, 3.8) is 0 Å². The molecule has 2 heterocycles. The fraction of sp³-hybridized carbons (Fsp3) is 0.385. The molecule has 1 aromatic carbocycles. The van der Waals surface area contributed by atoms with E-state index in [0.717, 1.165) is 19.6 Å². The van der Waals surface area contributed by atoms with Gasteiger partial charge in [0.15, 0.2) is 5.82 Å². The van der Waals surface area contributed by atoms with Gasteiger partial charge in [-0.25, -0.2) is 0 Å². The first-order chi connectivity index (χ1) is 9.65. The number of halogens is 3. The van der Waals surface area contributed by atoms with Crippen LogP contribution >= 0.6 is 36.4 Å². The van der Waals surface area contributed by atoms with Gasteiger partial charge in [0.1, 0.15) is 0 Å². The van der Waals surface area contributed by atoms with Crippen molar-refractivity contribution in [3.05, 3.63) is 29.0 Å². The number of likely N-dealkylation sites (N-methyl/N-ethyl adjacent to an activating group) is 1. The number of nitrogens with one attached hydrogen (secondary N) is 1. The highest BCUT2D eigenvalue weighted by molar-refractivity contribution is 6.33. The standard InChI is InChI=1S/C13H16ClN5O.2ClH/c1-19-5-4-16-7-11(19)12-17-13(20-18-12)9-3-2-8(15)6-10(9)14;;/h2-3,6,11,16H,4-5,7,15H2,1H3;2*1H. The van der Waals surface area contributed by atoms with Crippen molar-refractivity contribution in [3.8, 4) is 11.5 Å². The maximum atomic E-state index is 6.16. The fourth-order valence-electron chi connectivity index (χ4n) is 2.28. The van der Waals surface area contributed by atoms with E-state index in [4.69, 9.17) is 21.9 Å². The van der Waals surface area contributed by atoms with Gasteiger partial charge in [-0.3, -0.25) is 4.90 Å². The predicted octanol–water partition coefficient (Wildman–Crippen LogP) is 2.39. The number of nitrogens with zero attached hydrogens (tertiary/aromatic N) is 3. The summed E-state index contributed by atoms with van der Waals surface area (Å²) in [7, 11) is 2.05. The van der Waals surface area contributed by atoms with Gasteiger partial charge in [-0.15, -0.1) is 24.8 Å². The van der Waals surface area contributed by atoms with E-state index in [1.165, 1.54) is 0 Å². The molecule has 122 valence electrons. The van der Waals surface area contributed by atoms with Crippen molar-refractivity contribution in [2.24, 2.45) is 0 Å². The summed E-state index contributed by atoms with van der Waals surface area (Å²) in [5, 5.41) is 7.91. The molecule has 0 aliphatic carbocycles. The molecule has 1 atom stereocenters. The van der Waals surface area contributed by atoms with E-state index in [1.54, 1.807) is 18.2 Å². The zero-order valence-corrected chi connectivity index (χ0v) is 14.3. The molecule has 1 saturated heterocycles. The first-order valence-electron chi connectivity index (χ1n) is 6.45. The van der Waals surface area contributed by atoms with E-state index in [1.807, 2.05) is 0 Å². The van der Waals surface area contributed by atoms with Crippen LogP contribution in [0.3, 0.4) is 0 Å². The Labute approximate surface area is 146 Å². The van der Waals surface area contributed by atoms with Gasteiger partial charge in [0.25, 0.3) is 5.89 Å². The van der Waals surface area contributed by atoms with Crippen LogP contribution in [-0.2, 0) is 0 Å². The van der Waals surface area contributed by atoms with E-state index >= 15 is 0 Å². The highest BCUT2D eigenvalue weighted by Gasteiger charge is 2.25. The summed E-state index contributed by atoms with van der Waals surface area (Å²) < 4.78 is 5.33. The van der Waals surface area contributed by atoms with Crippen LogP contribution in [0, 0.1) is 0 Å². The Morgan fingerprint density at radius 2 is 2.18 bits per heavy atom. The van der Waals surface area contributed by atoms with E-state index < -0.39 is 0 Å². The summed E-state index contributed by atoms with van der Waals surface area (Å²) >= 11 is 6.16. The quantitative estimate of drug-likeness (QED) is 0.794. The van der Waals surface area contributed by atoms with Crippen molar-refractivity contribution in [1.82, 2.24) is 20.4 Å². The fourth-order valence-corrected chi connectivity index (χ4v) is 2.55. The molecule has 3 rings (SSSR count). The molecule has 1 fully saturated rings. The predicted molar refractivity (Wildman–Crippen MR) is 91.9 cm³/mol. The molecule has 0 bridgehead atoms. The Bertz CT molecular complexity index is 621. The molecule has 1 aliphatic rings. The molecule has 1 aromatic heterocycles. The van der Waals surface area contributed by atoms with Crippen LogP contribution < -0.4 is 11.1 Å². The Hall–Kier alpha value is -1.05.